The normalized spacial score (nSPS) is 11.6. The molecule has 2 aromatic rings. The highest BCUT2D eigenvalue weighted by molar-refractivity contribution is 5.97. The Morgan fingerprint density at radius 3 is 2.46 bits per heavy atom. The van der Waals surface area contributed by atoms with Gasteiger partial charge in [0.05, 0.1) is 5.56 Å². The second kappa shape index (κ2) is 7.59. The van der Waals surface area contributed by atoms with Gasteiger partial charge in [-0.05, 0) is 55.3 Å². The molecule has 1 amide bonds. The summed E-state index contributed by atoms with van der Waals surface area (Å²) >= 11 is 0. The summed E-state index contributed by atoms with van der Waals surface area (Å²) < 4.78 is 18.1. The number of ether oxygens (including phenoxy) is 1. The van der Waals surface area contributed by atoms with Crippen molar-refractivity contribution in [3.63, 3.8) is 0 Å². The monoisotopic (exact) mass is 330 g/mol. The van der Waals surface area contributed by atoms with E-state index < -0.39 is 23.8 Å². The number of carbonyl (C=O) groups is 2. The zero-order chi connectivity index (χ0) is 17.7. The van der Waals surface area contributed by atoms with Crippen molar-refractivity contribution in [1.82, 2.24) is 0 Å². The number of benzene rings is 2. The molecule has 0 aliphatic rings. The van der Waals surface area contributed by atoms with Gasteiger partial charge in [0.1, 0.15) is 5.82 Å². The summed E-state index contributed by atoms with van der Waals surface area (Å²) in [5.74, 6) is -1.50. The van der Waals surface area contributed by atoms with Gasteiger partial charge in [-0.3, -0.25) is 4.79 Å². The zero-order valence-electron chi connectivity index (χ0n) is 13.5. The van der Waals surface area contributed by atoms with Crippen molar-refractivity contribution in [3.05, 3.63) is 59.4 Å². The molecule has 1 atom stereocenters. The minimum atomic E-state index is -0.954. The maximum absolute atomic E-state index is 12.9. The van der Waals surface area contributed by atoms with Crippen molar-refractivity contribution in [2.24, 2.45) is 0 Å². The Hall–Kier alpha value is -2.89. The van der Waals surface area contributed by atoms with E-state index in [1.54, 1.807) is 19.1 Å². The molecule has 0 radical (unpaired) electrons. The van der Waals surface area contributed by atoms with Crippen molar-refractivity contribution in [2.75, 3.05) is 11.1 Å². The quantitative estimate of drug-likeness (QED) is 0.651. The van der Waals surface area contributed by atoms with E-state index in [0.717, 1.165) is 5.56 Å². The largest absolute Gasteiger partial charge is 0.449 e. The van der Waals surface area contributed by atoms with Gasteiger partial charge in [-0.2, -0.15) is 0 Å². The lowest BCUT2D eigenvalue weighted by Gasteiger charge is -2.16. The van der Waals surface area contributed by atoms with Gasteiger partial charge in [0.25, 0.3) is 5.91 Å². The van der Waals surface area contributed by atoms with E-state index >= 15 is 0 Å². The number of halogens is 1. The molecule has 0 bridgehead atoms. The van der Waals surface area contributed by atoms with Crippen molar-refractivity contribution in [2.45, 2.75) is 26.4 Å². The molecular formula is C18H19FN2O3. The van der Waals surface area contributed by atoms with Crippen LogP contribution in [0.1, 0.15) is 29.3 Å². The molecule has 0 aromatic heterocycles. The number of nitrogens with one attached hydrogen (secondary N) is 1. The smallest absolute Gasteiger partial charge is 0.338 e. The van der Waals surface area contributed by atoms with Crippen LogP contribution in [0, 0.1) is 12.7 Å². The van der Waals surface area contributed by atoms with Crippen LogP contribution in [0.5, 0.6) is 0 Å². The van der Waals surface area contributed by atoms with Crippen LogP contribution in [0.25, 0.3) is 0 Å². The Balaban J connectivity index is 2.04. The lowest BCUT2D eigenvalue weighted by Crippen LogP contribution is -2.32. The van der Waals surface area contributed by atoms with Crippen LogP contribution in [0.4, 0.5) is 15.8 Å². The molecule has 6 heteroatoms. The fourth-order valence-corrected chi connectivity index (χ4v) is 2.04. The first kappa shape index (κ1) is 17.5. The van der Waals surface area contributed by atoms with E-state index in [-0.39, 0.29) is 5.56 Å². The minimum absolute atomic E-state index is 0.283. The van der Waals surface area contributed by atoms with Crippen molar-refractivity contribution in [3.8, 4) is 0 Å². The number of esters is 1. The summed E-state index contributed by atoms with van der Waals surface area (Å²) in [6.07, 6.45) is -0.648. The predicted molar refractivity (Wildman–Crippen MR) is 90.1 cm³/mol. The van der Waals surface area contributed by atoms with E-state index in [1.165, 1.54) is 30.3 Å². The number of rotatable bonds is 5. The molecule has 0 aliphatic carbocycles. The van der Waals surface area contributed by atoms with E-state index in [4.69, 9.17) is 10.5 Å². The molecule has 0 saturated carbocycles. The summed E-state index contributed by atoms with van der Waals surface area (Å²) in [6, 6.07) is 10.2. The van der Waals surface area contributed by atoms with Crippen LogP contribution in [0.15, 0.2) is 42.5 Å². The molecule has 0 fully saturated rings. The summed E-state index contributed by atoms with van der Waals surface area (Å²) in [7, 11) is 0. The average Bonchev–Trinajstić information content (AvgIpc) is 2.56. The molecule has 0 aliphatic heterocycles. The van der Waals surface area contributed by atoms with E-state index in [9.17, 15) is 14.0 Å². The molecule has 0 spiro atoms. The molecule has 24 heavy (non-hydrogen) atoms. The highest BCUT2D eigenvalue weighted by Crippen LogP contribution is 2.16. The summed E-state index contributed by atoms with van der Waals surface area (Å²) in [6.45, 7) is 3.56. The van der Waals surface area contributed by atoms with E-state index in [1.807, 2.05) is 6.92 Å². The third-order valence-electron chi connectivity index (χ3n) is 3.54. The molecule has 126 valence electrons. The van der Waals surface area contributed by atoms with Gasteiger partial charge in [-0.15, -0.1) is 0 Å². The molecule has 2 rings (SSSR count). The SMILES string of the molecule is CC[C@@H](OC(=O)c1ccc(C)c(N)c1)C(=O)Nc1ccc(F)cc1. The Labute approximate surface area is 139 Å². The first-order valence-corrected chi connectivity index (χ1v) is 7.54. The topological polar surface area (TPSA) is 81.4 Å². The minimum Gasteiger partial charge on any atom is -0.449 e. The summed E-state index contributed by atoms with van der Waals surface area (Å²) in [5.41, 5.74) is 7.82. The summed E-state index contributed by atoms with van der Waals surface area (Å²) in [5, 5.41) is 2.59. The number of nitrogen functional groups attached to an aromatic ring is 1. The van der Waals surface area contributed by atoms with Crippen LogP contribution >= 0.6 is 0 Å². The number of nitrogens with two attached hydrogens (primary N) is 1. The van der Waals surface area contributed by atoms with Gasteiger partial charge in [0, 0.05) is 11.4 Å². The van der Waals surface area contributed by atoms with Gasteiger partial charge in [-0.1, -0.05) is 13.0 Å². The Morgan fingerprint density at radius 1 is 1.21 bits per heavy atom. The molecule has 2 aromatic carbocycles. The predicted octanol–water partition coefficient (Wildman–Crippen LogP) is 3.29. The maximum Gasteiger partial charge on any atom is 0.338 e. The Bertz CT molecular complexity index is 744. The third-order valence-corrected chi connectivity index (χ3v) is 3.54. The van der Waals surface area contributed by atoms with Crippen LogP contribution < -0.4 is 11.1 Å². The van der Waals surface area contributed by atoms with Crippen LogP contribution in [-0.2, 0) is 9.53 Å². The zero-order valence-corrected chi connectivity index (χ0v) is 13.5. The van der Waals surface area contributed by atoms with Crippen LogP contribution in [0.3, 0.4) is 0 Å². The standard InChI is InChI=1S/C18H19FN2O3/c1-3-16(17(22)21-14-8-6-13(19)7-9-14)24-18(23)12-5-4-11(2)15(20)10-12/h4-10,16H,3,20H2,1-2H3,(H,21,22)/t16-/m1/s1. The fraction of sp³-hybridized carbons (Fsp3) is 0.222. The Morgan fingerprint density at radius 2 is 1.88 bits per heavy atom. The van der Waals surface area contributed by atoms with Gasteiger partial charge >= 0.3 is 5.97 Å². The second-order valence-corrected chi connectivity index (χ2v) is 5.37. The van der Waals surface area contributed by atoms with Crippen molar-refractivity contribution in [1.29, 1.82) is 0 Å². The van der Waals surface area contributed by atoms with Crippen molar-refractivity contribution < 1.29 is 18.7 Å². The lowest BCUT2D eigenvalue weighted by molar-refractivity contribution is -0.124. The second-order valence-electron chi connectivity index (χ2n) is 5.37. The number of carbonyl (C=O) groups excluding carboxylic acids is 2. The number of amides is 1. The molecule has 5 nitrogen and oxygen atoms in total. The molecule has 0 unspecified atom stereocenters. The van der Waals surface area contributed by atoms with Gasteiger partial charge in [-0.25, -0.2) is 9.18 Å². The van der Waals surface area contributed by atoms with E-state index in [2.05, 4.69) is 5.32 Å². The molecule has 0 heterocycles. The van der Waals surface area contributed by atoms with Gasteiger partial charge < -0.3 is 15.8 Å². The third kappa shape index (κ3) is 4.32. The summed E-state index contributed by atoms with van der Waals surface area (Å²) in [4.78, 5) is 24.4. The molecule has 3 N–H and O–H groups in total. The average molecular weight is 330 g/mol. The fourth-order valence-electron chi connectivity index (χ4n) is 2.04. The molecular weight excluding hydrogens is 311 g/mol. The van der Waals surface area contributed by atoms with Crippen molar-refractivity contribution >= 4 is 23.3 Å². The van der Waals surface area contributed by atoms with Crippen LogP contribution in [-0.4, -0.2) is 18.0 Å². The Kier molecular flexibility index (Phi) is 5.52. The first-order chi connectivity index (χ1) is 11.4. The maximum atomic E-state index is 12.9. The van der Waals surface area contributed by atoms with Crippen LogP contribution in [0.2, 0.25) is 0 Å². The lowest BCUT2D eigenvalue weighted by atomic mass is 10.1. The van der Waals surface area contributed by atoms with Gasteiger partial charge in [0.2, 0.25) is 0 Å². The number of hydrogen-bond donors (Lipinski definition) is 2. The highest BCUT2D eigenvalue weighted by Gasteiger charge is 2.22. The number of aryl methyl sites for hydroxylation is 1. The van der Waals surface area contributed by atoms with Gasteiger partial charge in [0.15, 0.2) is 6.10 Å². The number of anilines is 2. The van der Waals surface area contributed by atoms with E-state index in [0.29, 0.717) is 17.8 Å². The molecule has 0 saturated heterocycles. The first-order valence-electron chi connectivity index (χ1n) is 7.54. The number of hydrogen-bond acceptors (Lipinski definition) is 4. The highest BCUT2D eigenvalue weighted by atomic mass is 19.1.